The molecule has 6 nitrogen and oxygen atoms in total. The van der Waals surface area contributed by atoms with E-state index in [1.807, 2.05) is 19.2 Å². The van der Waals surface area contributed by atoms with E-state index in [-0.39, 0.29) is 0 Å². The summed E-state index contributed by atoms with van der Waals surface area (Å²) in [5.74, 6) is 2.37. The molecule has 0 aromatic heterocycles. The Kier molecular flexibility index (Phi) is 5.74. The molecule has 0 saturated carbocycles. The van der Waals surface area contributed by atoms with Crippen molar-refractivity contribution in [3.63, 3.8) is 0 Å². The molecule has 2 fully saturated rings. The van der Waals surface area contributed by atoms with Gasteiger partial charge in [0.15, 0.2) is 17.5 Å². The molecule has 0 bridgehead atoms. The topological polar surface area (TPSA) is 55.3 Å². The van der Waals surface area contributed by atoms with Crippen LogP contribution < -0.4 is 14.8 Å². The summed E-state index contributed by atoms with van der Waals surface area (Å²) in [4.78, 5) is 6.80. The summed E-state index contributed by atoms with van der Waals surface area (Å²) < 4.78 is 17.3. The van der Waals surface area contributed by atoms with Crippen molar-refractivity contribution in [3.05, 3.63) is 22.2 Å². The van der Waals surface area contributed by atoms with Crippen LogP contribution in [0.25, 0.3) is 0 Å². The number of hydrogen-bond acceptors (Lipinski definition) is 4. The average molecular weight is 412 g/mol. The van der Waals surface area contributed by atoms with Gasteiger partial charge in [-0.1, -0.05) is 15.9 Å². The van der Waals surface area contributed by atoms with Gasteiger partial charge in [0.2, 0.25) is 0 Å². The van der Waals surface area contributed by atoms with Crippen LogP contribution >= 0.6 is 15.9 Å². The van der Waals surface area contributed by atoms with Crippen molar-refractivity contribution < 1.29 is 14.2 Å². The predicted octanol–water partition coefficient (Wildman–Crippen LogP) is 2.65. The number of nitrogens with one attached hydrogen (secondary N) is 1. The molecule has 2 heterocycles. The second kappa shape index (κ2) is 7.83. The summed E-state index contributed by atoms with van der Waals surface area (Å²) in [5.41, 5.74) is 1.42. The molecule has 2 saturated heterocycles. The van der Waals surface area contributed by atoms with Crippen LogP contribution in [0.3, 0.4) is 0 Å². The summed E-state index contributed by atoms with van der Waals surface area (Å²) in [6.07, 6.45) is 2.33. The first-order valence-corrected chi connectivity index (χ1v) is 9.34. The van der Waals surface area contributed by atoms with Crippen molar-refractivity contribution in [2.75, 3.05) is 47.6 Å². The Labute approximate surface area is 157 Å². The molecule has 2 aliphatic heterocycles. The van der Waals surface area contributed by atoms with Gasteiger partial charge in [0.25, 0.3) is 0 Å². The molecule has 3 rings (SSSR count). The van der Waals surface area contributed by atoms with E-state index in [9.17, 15) is 0 Å². The van der Waals surface area contributed by atoms with E-state index in [2.05, 4.69) is 31.1 Å². The third-order valence-electron chi connectivity index (χ3n) is 5.12. The summed E-state index contributed by atoms with van der Waals surface area (Å²) in [5, 5.41) is 3.47. The molecule has 1 spiro atoms. The van der Waals surface area contributed by atoms with Crippen molar-refractivity contribution in [1.29, 1.82) is 0 Å². The lowest BCUT2D eigenvalue weighted by atomic mass is 9.87. The van der Waals surface area contributed by atoms with Gasteiger partial charge in [0, 0.05) is 43.2 Å². The molecule has 2 aliphatic rings. The Hall–Kier alpha value is -1.47. The number of nitrogens with zero attached hydrogens (tertiary/aromatic N) is 2. The number of halogens is 1. The maximum absolute atomic E-state index is 5.62. The van der Waals surface area contributed by atoms with E-state index in [1.54, 1.807) is 14.2 Å². The lowest BCUT2D eigenvalue weighted by molar-refractivity contribution is 0.156. The highest BCUT2D eigenvalue weighted by atomic mass is 79.9. The molecule has 0 aliphatic carbocycles. The van der Waals surface area contributed by atoms with Gasteiger partial charge in [-0.2, -0.15) is 0 Å². The third-order valence-corrected chi connectivity index (χ3v) is 5.86. The highest BCUT2D eigenvalue weighted by Crippen LogP contribution is 2.38. The molecular weight excluding hydrogens is 386 g/mol. The smallest absolute Gasteiger partial charge is 0.193 e. The van der Waals surface area contributed by atoms with Crippen molar-refractivity contribution in [2.45, 2.75) is 19.4 Å². The maximum Gasteiger partial charge on any atom is 0.193 e. The first-order chi connectivity index (χ1) is 12.1. The normalized spacial score (nSPS) is 23.4. The Balaban J connectivity index is 1.66. The third kappa shape index (κ3) is 3.87. The van der Waals surface area contributed by atoms with Crippen molar-refractivity contribution >= 4 is 21.9 Å². The van der Waals surface area contributed by atoms with Crippen LogP contribution in [0.15, 0.2) is 21.6 Å². The first-order valence-electron chi connectivity index (χ1n) is 8.54. The van der Waals surface area contributed by atoms with Gasteiger partial charge in [-0.15, -0.1) is 0 Å². The van der Waals surface area contributed by atoms with Crippen LogP contribution in [-0.4, -0.2) is 58.4 Å². The van der Waals surface area contributed by atoms with Gasteiger partial charge in [0.1, 0.15) is 0 Å². The molecule has 1 atom stereocenters. The average Bonchev–Trinajstić information content (AvgIpc) is 3.26. The summed E-state index contributed by atoms with van der Waals surface area (Å²) in [6.45, 7) is 4.46. The van der Waals surface area contributed by atoms with Crippen molar-refractivity contribution in [2.24, 2.45) is 10.4 Å². The zero-order valence-electron chi connectivity index (χ0n) is 15.1. The van der Waals surface area contributed by atoms with Crippen molar-refractivity contribution in [1.82, 2.24) is 10.2 Å². The van der Waals surface area contributed by atoms with E-state index in [1.165, 1.54) is 6.42 Å². The fraction of sp³-hybridized carbons (Fsp3) is 0.611. The molecule has 1 aromatic rings. The molecule has 0 radical (unpaired) electrons. The fourth-order valence-electron chi connectivity index (χ4n) is 3.63. The minimum Gasteiger partial charge on any atom is -0.493 e. The van der Waals surface area contributed by atoms with E-state index in [0.29, 0.717) is 17.7 Å². The van der Waals surface area contributed by atoms with Gasteiger partial charge in [-0.25, -0.2) is 0 Å². The number of ether oxygens (including phenoxy) is 3. The molecular formula is C18H26BrN3O3. The van der Waals surface area contributed by atoms with Crippen LogP contribution in [0.5, 0.6) is 11.5 Å². The minimum absolute atomic E-state index is 0.321. The molecule has 1 N–H and O–H groups in total. The number of methoxy groups -OCH3 is 2. The van der Waals surface area contributed by atoms with E-state index in [4.69, 9.17) is 14.2 Å². The number of guanidine groups is 1. The first kappa shape index (κ1) is 18.3. The number of likely N-dealkylation sites (tertiary alicyclic amines) is 1. The fourth-order valence-corrected chi connectivity index (χ4v) is 4.09. The summed E-state index contributed by atoms with van der Waals surface area (Å²) >= 11 is 3.61. The van der Waals surface area contributed by atoms with E-state index in [0.717, 1.165) is 54.5 Å². The Morgan fingerprint density at radius 3 is 2.72 bits per heavy atom. The van der Waals surface area contributed by atoms with Gasteiger partial charge in [-0.3, -0.25) is 4.99 Å². The standard InChI is InChI=1S/C18H26BrN3O3/c1-20-17(22-6-4-18(11-22)5-7-25-12-18)21-10-13-8-15(23-2)16(24-3)9-14(13)19/h8-9H,4-7,10-12H2,1-3H3,(H,20,21). The zero-order chi connectivity index (χ0) is 17.9. The molecule has 1 aromatic carbocycles. The van der Waals surface area contributed by atoms with Gasteiger partial charge < -0.3 is 24.4 Å². The van der Waals surface area contributed by atoms with Crippen LogP contribution in [-0.2, 0) is 11.3 Å². The number of benzene rings is 1. The summed E-state index contributed by atoms with van der Waals surface area (Å²) in [6, 6.07) is 3.92. The second-order valence-electron chi connectivity index (χ2n) is 6.67. The molecule has 7 heteroatoms. The van der Waals surface area contributed by atoms with Gasteiger partial charge in [0.05, 0.1) is 20.8 Å². The molecule has 138 valence electrons. The number of hydrogen-bond donors (Lipinski definition) is 1. The van der Waals surface area contributed by atoms with Gasteiger partial charge in [-0.05, 0) is 30.5 Å². The van der Waals surface area contributed by atoms with Crippen LogP contribution in [0, 0.1) is 5.41 Å². The maximum atomic E-state index is 5.62. The monoisotopic (exact) mass is 411 g/mol. The second-order valence-corrected chi connectivity index (χ2v) is 7.53. The lowest BCUT2D eigenvalue weighted by Crippen LogP contribution is -2.41. The largest absolute Gasteiger partial charge is 0.493 e. The quantitative estimate of drug-likeness (QED) is 0.609. The van der Waals surface area contributed by atoms with Gasteiger partial charge >= 0.3 is 0 Å². The Morgan fingerprint density at radius 2 is 2.08 bits per heavy atom. The zero-order valence-corrected chi connectivity index (χ0v) is 16.7. The van der Waals surface area contributed by atoms with Crippen molar-refractivity contribution in [3.8, 4) is 11.5 Å². The minimum atomic E-state index is 0.321. The van der Waals surface area contributed by atoms with E-state index < -0.39 is 0 Å². The number of rotatable bonds is 4. The highest BCUT2D eigenvalue weighted by molar-refractivity contribution is 9.10. The van der Waals surface area contributed by atoms with Crippen LogP contribution in [0.4, 0.5) is 0 Å². The lowest BCUT2D eigenvalue weighted by Gasteiger charge is -2.25. The summed E-state index contributed by atoms with van der Waals surface area (Å²) in [7, 11) is 5.12. The Morgan fingerprint density at radius 1 is 1.32 bits per heavy atom. The van der Waals surface area contributed by atoms with E-state index >= 15 is 0 Å². The number of aliphatic imine (C=N–C) groups is 1. The molecule has 0 amide bonds. The van der Waals surface area contributed by atoms with Crippen LogP contribution in [0.1, 0.15) is 18.4 Å². The SMILES string of the molecule is CN=C(NCc1cc(OC)c(OC)cc1Br)N1CCC2(CCOC2)C1. The molecule has 25 heavy (non-hydrogen) atoms. The predicted molar refractivity (Wildman–Crippen MR) is 102 cm³/mol. The Bertz CT molecular complexity index is 645. The molecule has 1 unspecified atom stereocenters. The van der Waals surface area contributed by atoms with Crippen LogP contribution in [0.2, 0.25) is 0 Å². The highest BCUT2D eigenvalue weighted by Gasteiger charge is 2.42.